The first-order valence-corrected chi connectivity index (χ1v) is 10.3. The zero-order valence-electron chi connectivity index (χ0n) is 16.3. The molecule has 0 aliphatic carbocycles. The molecule has 0 fully saturated rings. The van der Waals surface area contributed by atoms with Crippen LogP contribution in [0.15, 0.2) is 46.2 Å². The Balaban J connectivity index is 1.36. The van der Waals surface area contributed by atoms with Crippen molar-refractivity contribution in [3.8, 4) is 23.1 Å². The molecule has 0 bridgehead atoms. The predicted octanol–water partition coefficient (Wildman–Crippen LogP) is 3.33. The number of furan rings is 1. The Hall–Kier alpha value is -2.94. The summed E-state index contributed by atoms with van der Waals surface area (Å²) < 4.78 is 18.1. The fourth-order valence-electron chi connectivity index (χ4n) is 2.95. The third-order valence-corrected chi connectivity index (χ3v) is 5.23. The van der Waals surface area contributed by atoms with Crippen molar-refractivity contribution in [3.05, 3.63) is 42.2 Å². The number of benzene rings is 1. The minimum Gasteiger partial charge on any atom is -0.461 e. The SMILES string of the molecule is CC(C)Cn1c(SCC(=O)NCc2ccc3c(c2)OCO3)nnc1-c1ccco1. The second-order valence-electron chi connectivity index (χ2n) is 7.04. The van der Waals surface area contributed by atoms with E-state index in [-0.39, 0.29) is 18.5 Å². The molecule has 4 rings (SSSR count). The molecule has 0 spiro atoms. The summed E-state index contributed by atoms with van der Waals surface area (Å²) >= 11 is 1.36. The van der Waals surface area contributed by atoms with Crippen molar-refractivity contribution in [1.29, 1.82) is 0 Å². The summed E-state index contributed by atoms with van der Waals surface area (Å²) in [6.07, 6.45) is 1.61. The van der Waals surface area contributed by atoms with E-state index in [2.05, 4.69) is 29.4 Å². The lowest BCUT2D eigenvalue weighted by Crippen LogP contribution is -2.24. The van der Waals surface area contributed by atoms with Gasteiger partial charge in [0, 0.05) is 13.1 Å². The Morgan fingerprint density at radius 3 is 2.90 bits per heavy atom. The Morgan fingerprint density at radius 2 is 2.10 bits per heavy atom. The summed E-state index contributed by atoms with van der Waals surface area (Å²) in [5.74, 6) is 3.35. The van der Waals surface area contributed by atoms with Crippen LogP contribution < -0.4 is 14.8 Å². The molecule has 1 amide bonds. The highest BCUT2D eigenvalue weighted by Crippen LogP contribution is 2.32. The van der Waals surface area contributed by atoms with Gasteiger partial charge in [-0.3, -0.25) is 9.36 Å². The molecule has 0 radical (unpaired) electrons. The van der Waals surface area contributed by atoms with E-state index in [9.17, 15) is 4.79 Å². The van der Waals surface area contributed by atoms with E-state index in [1.165, 1.54) is 11.8 Å². The highest BCUT2D eigenvalue weighted by molar-refractivity contribution is 7.99. The van der Waals surface area contributed by atoms with Crippen LogP contribution in [0.1, 0.15) is 19.4 Å². The second kappa shape index (κ2) is 8.60. The molecule has 0 unspecified atom stereocenters. The lowest BCUT2D eigenvalue weighted by molar-refractivity contribution is -0.118. The van der Waals surface area contributed by atoms with Crippen LogP contribution in [0.25, 0.3) is 11.6 Å². The molecule has 1 aliphatic rings. The molecule has 2 aromatic heterocycles. The number of aromatic nitrogens is 3. The topological polar surface area (TPSA) is 91.4 Å². The number of nitrogens with zero attached hydrogens (tertiary/aromatic N) is 3. The maximum atomic E-state index is 12.3. The van der Waals surface area contributed by atoms with Gasteiger partial charge in [-0.05, 0) is 35.7 Å². The molecule has 8 nitrogen and oxygen atoms in total. The summed E-state index contributed by atoms with van der Waals surface area (Å²) in [4.78, 5) is 12.3. The van der Waals surface area contributed by atoms with Gasteiger partial charge >= 0.3 is 0 Å². The highest BCUT2D eigenvalue weighted by Gasteiger charge is 2.18. The maximum Gasteiger partial charge on any atom is 0.231 e. The number of nitrogens with one attached hydrogen (secondary N) is 1. The Kier molecular flexibility index (Phi) is 5.75. The quantitative estimate of drug-likeness (QED) is 0.565. The van der Waals surface area contributed by atoms with E-state index < -0.39 is 0 Å². The number of rotatable bonds is 8. The molecule has 152 valence electrons. The van der Waals surface area contributed by atoms with Gasteiger partial charge in [-0.25, -0.2) is 0 Å². The van der Waals surface area contributed by atoms with Crippen LogP contribution in [0.2, 0.25) is 0 Å². The van der Waals surface area contributed by atoms with Crippen LogP contribution >= 0.6 is 11.8 Å². The van der Waals surface area contributed by atoms with Gasteiger partial charge in [-0.1, -0.05) is 31.7 Å². The van der Waals surface area contributed by atoms with Gasteiger partial charge in [0.15, 0.2) is 28.2 Å². The minimum absolute atomic E-state index is 0.0775. The largest absolute Gasteiger partial charge is 0.461 e. The number of carbonyl (C=O) groups excluding carboxylic acids is 1. The van der Waals surface area contributed by atoms with Crippen molar-refractivity contribution in [2.75, 3.05) is 12.5 Å². The number of hydrogen-bond donors (Lipinski definition) is 1. The predicted molar refractivity (Wildman–Crippen MR) is 108 cm³/mol. The molecule has 0 saturated heterocycles. The first-order valence-electron chi connectivity index (χ1n) is 9.35. The maximum absolute atomic E-state index is 12.3. The standard InChI is InChI=1S/C20H22N4O4S/c1-13(2)10-24-19(16-4-3-7-26-16)22-23-20(24)29-11-18(25)21-9-14-5-6-15-17(8-14)28-12-27-15/h3-8,13H,9-12H2,1-2H3,(H,21,25). The lowest BCUT2D eigenvalue weighted by atomic mass is 10.2. The molecule has 29 heavy (non-hydrogen) atoms. The summed E-state index contributed by atoms with van der Waals surface area (Å²) in [6.45, 7) is 5.65. The molecule has 9 heteroatoms. The smallest absolute Gasteiger partial charge is 0.231 e. The molecule has 1 aliphatic heterocycles. The van der Waals surface area contributed by atoms with E-state index in [4.69, 9.17) is 13.9 Å². The first-order chi connectivity index (χ1) is 14.1. The zero-order chi connectivity index (χ0) is 20.2. The number of carbonyl (C=O) groups is 1. The summed E-state index contributed by atoms with van der Waals surface area (Å²) in [5, 5.41) is 12.1. The zero-order valence-corrected chi connectivity index (χ0v) is 17.1. The van der Waals surface area contributed by atoms with Crippen molar-refractivity contribution in [3.63, 3.8) is 0 Å². The van der Waals surface area contributed by atoms with Gasteiger partial charge in [0.1, 0.15) is 0 Å². The van der Waals surface area contributed by atoms with E-state index in [1.807, 2.05) is 34.9 Å². The number of ether oxygens (including phenoxy) is 2. The monoisotopic (exact) mass is 414 g/mol. The fourth-order valence-corrected chi connectivity index (χ4v) is 3.72. The van der Waals surface area contributed by atoms with Crippen LogP contribution in [0.3, 0.4) is 0 Å². The number of hydrogen-bond acceptors (Lipinski definition) is 7. The third-order valence-electron chi connectivity index (χ3n) is 4.27. The normalized spacial score (nSPS) is 12.5. The van der Waals surface area contributed by atoms with E-state index in [1.54, 1.807) is 6.26 Å². The highest BCUT2D eigenvalue weighted by atomic mass is 32.2. The molecule has 1 aromatic carbocycles. The molecule has 0 atom stereocenters. The van der Waals surface area contributed by atoms with Crippen molar-refractivity contribution >= 4 is 17.7 Å². The van der Waals surface area contributed by atoms with Crippen molar-refractivity contribution in [2.45, 2.75) is 32.1 Å². The Bertz CT molecular complexity index is 985. The van der Waals surface area contributed by atoms with Gasteiger partial charge in [-0.15, -0.1) is 10.2 Å². The minimum atomic E-state index is -0.0775. The fraction of sp³-hybridized carbons (Fsp3) is 0.350. The number of fused-ring (bicyclic) bond motifs is 1. The summed E-state index contributed by atoms with van der Waals surface area (Å²) in [6, 6.07) is 9.32. The van der Waals surface area contributed by atoms with E-state index in [0.717, 1.165) is 17.9 Å². The summed E-state index contributed by atoms with van der Waals surface area (Å²) in [7, 11) is 0. The van der Waals surface area contributed by atoms with Crippen LogP contribution in [-0.4, -0.2) is 33.2 Å². The third kappa shape index (κ3) is 4.56. The van der Waals surface area contributed by atoms with Crippen LogP contribution in [0, 0.1) is 5.92 Å². The van der Waals surface area contributed by atoms with Gasteiger partial charge in [-0.2, -0.15) is 0 Å². The van der Waals surface area contributed by atoms with Crippen molar-refractivity contribution in [2.24, 2.45) is 5.92 Å². The Labute approximate surface area is 172 Å². The first kappa shape index (κ1) is 19.4. The average Bonchev–Trinajstić information content (AvgIpc) is 3.44. The molecule has 3 heterocycles. The molecular formula is C20H22N4O4S. The second-order valence-corrected chi connectivity index (χ2v) is 7.98. The molecule has 3 aromatic rings. The van der Waals surface area contributed by atoms with Gasteiger partial charge in [0.05, 0.1) is 12.0 Å². The number of thioether (sulfide) groups is 1. The van der Waals surface area contributed by atoms with Crippen molar-refractivity contribution < 1.29 is 18.7 Å². The van der Waals surface area contributed by atoms with E-state index >= 15 is 0 Å². The number of amides is 1. The Morgan fingerprint density at radius 1 is 1.24 bits per heavy atom. The van der Waals surface area contributed by atoms with Crippen LogP contribution in [0.4, 0.5) is 0 Å². The molecule has 0 saturated carbocycles. The van der Waals surface area contributed by atoms with Crippen LogP contribution in [0.5, 0.6) is 11.5 Å². The van der Waals surface area contributed by atoms with Gasteiger partial charge < -0.3 is 19.2 Å². The molecular weight excluding hydrogens is 392 g/mol. The van der Waals surface area contributed by atoms with Crippen LogP contribution in [-0.2, 0) is 17.9 Å². The lowest BCUT2D eigenvalue weighted by Gasteiger charge is -2.11. The van der Waals surface area contributed by atoms with Crippen molar-refractivity contribution in [1.82, 2.24) is 20.1 Å². The molecule has 1 N–H and O–H groups in total. The van der Waals surface area contributed by atoms with E-state index in [0.29, 0.717) is 35.0 Å². The van der Waals surface area contributed by atoms with Gasteiger partial charge in [0.25, 0.3) is 0 Å². The summed E-state index contributed by atoms with van der Waals surface area (Å²) in [5.41, 5.74) is 0.954. The van der Waals surface area contributed by atoms with Gasteiger partial charge in [0.2, 0.25) is 12.7 Å². The average molecular weight is 414 g/mol.